The number of nitrogens with one attached hydrogen (secondary N) is 1. The second-order valence-corrected chi connectivity index (χ2v) is 5.93. The Balaban J connectivity index is 1.65. The number of esters is 1. The summed E-state index contributed by atoms with van der Waals surface area (Å²) in [7, 11) is 0. The van der Waals surface area contributed by atoms with E-state index in [1.165, 1.54) is 24.5 Å². The minimum Gasteiger partial charge on any atom is -0.467 e. The molecule has 2 aromatic heterocycles. The van der Waals surface area contributed by atoms with Gasteiger partial charge in [-0.25, -0.2) is 4.79 Å². The first-order valence-electron chi connectivity index (χ1n) is 7.67. The highest BCUT2D eigenvalue weighted by molar-refractivity contribution is 6.31. The van der Waals surface area contributed by atoms with Gasteiger partial charge in [0.2, 0.25) is 5.76 Å². The maximum atomic E-state index is 12.1. The SMILES string of the molecule is C[C@H](NC(=O)COC(=O)c1cc(=O)c2cc(Cl)ccc2o1)c1ccco1. The summed E-state index contributed by atoms with van der Waals surface area (Å²) in [5.74, 6) is -1.16. The molecule has 1 N–H and O–H groups in total. The number of amides is 1. The number of halogens is 1. The molecule has 8 heteroatoms. The molecule has 0 spiro atoms. The van der Waals surface area contributed by atoms with Gasteiger partial charge >= 0.3 is 5.97 Å². The summed E-state index contributed by atoms with van der Waals surface area (Å²) in [6, 6.07) is 8.50. The molecular formula is C18H14ClNO6. The lowest BCUT2D eigenvalue weighted by atomic mass is 10.2. The van der Waals surface area contributed by atoms with Crippen LogP contribution in [0.4, 0.5) is 0 Å². The largest absolute Gasteiger partial charge is 0.467 e. The fourth-order valence-corrected chi connectivity index (χ4v) is 2.50. The predicted molar refractivity (Wildman–Crippen MR) is 93.0 cm³/mol. The van der Waals surface area contributed by atoms with Crippen LogP contribution in [0.5, 0.6) is 0 Å². The first kappa shape index (κ1) is 17.8. The molecule has 0 fully saturated rings. The molecule has 0 saturated carbocycles. The minimum absolute atomic E-state index is 0.199. The van der Waals surface area contributed by atoms with Crippen LogP contribution in [0.3, 0.4) is 0 Å². The van der Waals surface area contributed by atoms with Crippen molar-refractivity contribution in [1.29, 1.82) is 0 Å². The Kier molecular flexibility index (Phi) is 5.09. The van der Waals surface area contributed by atoms with Crippen molar-refractivity contribution in [1.82, 2.24) is 5.32 Å². The molecule has 7 nitrogen and oxygen atoms in total. The van der Waals surface area contributed by atoms with Gasteiger partial charge in [-0.3, -0.25) is 9.59 Å². The number of hydrogen-bond donors (Lipinski definition) is 1. The van der Waals surface area contributed by atoms with E-state index in [1.54, 1.807) is 19.1 Å². The average molecular weight is 376 g/mol. The standard InChI is InChI=1S/C18H14ClNO6/c1-10(14-3-2-6-24-14)20-17(22)9-25-18(23)16-8-13(21)12-7-11(19)4-5-15(12)26-16/h2-8,10H,9H2,1H3,(H,20,22)/t10-/m0/s1. The molecule has 134 valence electrons. The van der Waals surface area contributed by atoms with Crippen LogP contribution in [0.15, 0.2) is 56.3 Å². The van der Waals surface area contributed by atoms with Crippen molar-refractivity contribution in [3.05, 3.63) is 69.4 Å². The number of carbonyl (C=O) groups is 2. The van der Waals surface area contributed by atoms with Crippen molar-refractivity contribution < 1.29 is 23.2 Å². The zero-order chi connectivity index (χ0) is 18.7. The molecule has 3 rings (SSSR count). The normalized spacial score (nSPS) is 11.9. The van der Waals surface area contributed by atoms with E-state index in [1.807, 2.05) is 0 Å². The molecule has 0 saturated heterocycles. The van der Waals surface area contributed by atoms with Crippen LogP contribution in [0.2, 0.25) is 5.02 Å². The van der Waals surface area contributed by atoms with Gasteiger partial charge in [-0.15, -0.1) is 0 Å². The quantitative estimate of drug-likeness (QED) is 0.688. The van der Waals surface area contributed by atoms with Gasteiger partial charge in [0.1, 0.15) is 11.3 Å². The zero-order valence-electron chi connectivity index (χ0n) is 13.7. The van der Waals surface area contributed by atoms with E-state index in [0.717, 1.165) is 6.07 Å². The van der Waals surface area contributed by atoms with Crippen LogP contribution in [-0.2, 0) is 9.53 Å². The van der Waals surface area contributed by atoms with E-state index in [4.69, 9.17) is 25.2 Å². The number of carbonyl (C=O) groups excluding carboxylic acids is 2. The summed E-state index contributed by atoms with van der Waals surface area (Å²) in [6.07, 6.45) is 1.49. The number of benzene rings is 1. The van der Waals surface area contributed by atoms with Gasteiger partial charge in [-0.2, -0.15) is 0 Å². The van der Waals surface area contributed by atoms with Gasteiger partial charge in [0.15, 0.2) is 12.0 Å². The molecule has 1 amide bonds. The topological polar surface area (TPSA) is 98.8 Å². The Bertz CT molecular complexity index is 1010. The summed E-state index contributed by atoms with van der Waals surface area (Å²) >= 11 is 5.83. The van der Waals surface area contributed by atoms with Crippen molar-refractivity contribution in [3.63, 3.8) is 0 Å². The summed E-state index contributed by atoms with van der Waals surface area (Å²) in [5.41, 5.74) is -0.235. The maximum Gasteiger partial charge on any atom is 0.374 e. The molecule has 0 bridgehead atoms. The molecular weight excluding hydrogens is 362 g/mol. The molecule has 1 atom stereocenters. The van der Waals surface area contributed by atoms with Crippen molar-refractivity contribution in [2.24, 2.45) is 0 Å². The molecule has 0 unspecified atom stereocenters. The van der Waals surface area contributed by atoms with E-state index in [9.17, 15) is 14.4 Å². The van der Waals surface area contributed by atoms with Gasteiger partial charge < -0.3 is 18.9 Å². The number of fused-ring (bicyclic) bond motifs is 1. The van der Waals surface area contributed by atoms with Crippen LogP contribution in [0.1, 0.15) is 29.3 Å². The monoisotopic (exact) mass is 375 g/mol. The third-order valence-corrected chi connectivity index (χ3v) is 3.81. The van der Waals surface area contributed by atoms with Crippen LogP contribution < -0.4 is 10.7 Å². The molecule has 0 aliphatic carbocycles. The Morgan fingerprint density at radius 3 is 2.81 bits per heavy atom. The van der Waals surface area contributed by atoms with Crippen LogP contribution >= 0.6 is 11.6 Å². The molecule has 1 aromatic carbocycles. The fraction of sp³-hybridized carbons (Fsp3) is 0.167. The first-order chi connectivity index (χ1) is 12.4. The van der Waals surface area contributed by atoms with E-state index < -0.39 is 23.9 Å². The van der Waals surface area contributed by atoms with Crippen LogP contribution in [0, 0.1) is 0 Å². The number of furan rings is 1. The Hall–Kier alpha value is -3.06. The number of hydrogen-bond acceptors (Lipinski definition) is 6. The van der Waals surface area contributed by atoms with Crippen molar-refractivity contribution >= 4 is 34.4 Å². The smallest absolute Gasteiger partial charge is 0.374 e. The molecule has 26 heavy (non-hydrogen) atoms. The first-order valence-corrected chi connectivity index (χ1v) is 8.05. The van der Waals surface area contributed by atoms with E-state index >= 15 is 0 Å². The lowest BCUT2D eigenvalue weighted by molar-refractivity contribution is -0.125. The van der Waals surface area contributed by atoms with Crippen molar-refractivity contribution in [3.8, 4) is 0 Å². The molecule has 3 aromatic rings. The molecule has 0 aliphatic rings. The third-order valence-electron chi connectivity index (χ3n) is 3.57. The second-order valence-electron chi connectivity index (χ2n) is 5.50. The van der Waals surface area contributed by atoms with Crippen molar-refractivity contribution in [2.75, 3.05) is 6.61 Å². The highest BCUT2D eigenvalue weighted by Crippen LogP contribution is 2.18. The van der Waals surface area contributed by atoms with Gasteiger partial charge in [-0.05, 0) is 37.3 Å². The van der Waals surface area contributed by atoms with Gasteiger partial charge in [-0.1, -0.05) is 11.6 Å². The Morgan fingerprint density at radius 2 is 2.08 bits per heavy atom. The second kappa shape index (κ2) is 7.45. The molecule has 0 aliphatic heterocycles. The van der Waals surface area contributed by atoms with Gasteiger partial charge in [0.25, 0.3) is 5.91 Å². The summed E-state index contributed by atoms with van der Waals surface area (Å²) in [5, 5.41) is 3.25. The highest BCUT2D eigenvalue weighted by Gasteiger charge is 2.17. The van der Waals surface area contributed by atoms with E-state index in [-0.39, 0.29) is 22.8 Å². The molecule has 0 radical (unpaired) electrons. The van der Waals surface area contributed by atoms with Crippen LogP contribution in [-0.4, -0.2) is 18.5 Å². The lowest BCUT2D eigenvalue weighted by Crippen LogP contribution is -2.31. The molecule has 2 heterocycles. The number of ether oxygens (including phenoxy) is 1. The maximum absolute atomic E-state index is 12.1. The lowest BCUT2D eigenvalue weighted by Gasteiger charge is -2.11. The summed E-state index contributed by atoms with van der Waals surface area (Å²) in [4.78, 5) is 36.0. The Labute approximate surface area is 152 Å². The van der Waals surface area contributed by atoms with Crippen molar-refractivity contribution in [2.45, 2.75) is 13.0 Å². The minimum atomic E-state index is -0.917. The van der Waals surface area contributed by atoms with E-state index in [2.05, 4.69) is 5.32 Å². The predicted octanol–water partition coefficient (Wildman–Crippen LogP) is 3.07. The van der Waals surface area contributed by atoms with Crippen LogP contribution in [0.25, 0.3) is 11.0 Å². The average Bonchev–Trinajstić information content (AvgIpc) is 3.15. The summed E-state index contributed by atoms with van der Waals surface area (Å²) < 4.78 is 15.4. The van der Waals surface area contributed by atoms with E-state index in [0.29, 0.717) is 10.8 Å². The third kappa shape index (κ3) is 3.94. The fourth-order valence-electron chi connectivity index (χ4n) is 2.32. The highest BCUT2D eigenvalue weighted by atomic mass is 35.5. The summed E-state index contributed by atoms with van der Waals surface area (Å²) in [6.45, 7) is 1.21. The zero-order valence-corrected chi connectivity index (χ0v) is 14.4. The Morgan fingerprint density at radius 1 is 1.27 bits per heavy atom. The van der Waals surface area contributed by atoms with Gasteiger partial charge in [0, 0.05) is 11.1 Å². The van der Waals surface area contributed by atoms with Gasteiger partial charge in [0.05, 0.1) is 17.7 Å². The number of rotatable bonds is 5.